The predicted molar refractivity (Wildman–Crippen MR) is 132 cm³/mol. The van der Waals surface area contributed by atoms with Gasteiger partial charge in [0.1, 0.15) is 30.9 Å². The van der Waals surface area contributed by atoms with E-state index in [9.17, 15) is 29.0 Å². The molecule has 3 N–H and O–H groups in total. The van der Waals surface area contributed by atoms with Crippen LogP contribution in [0.1, 0.15) is 27.4 Å². The fraction of sp³-hybridized carbons (Fsp3) is 0.370. The minimum atomic E-state index is -1.30. The lowest BCUT2D eigenvalue weighted by Crippen LogP contribution is -2.56. The van der Waals surface area contributed by atoms with E-state index in [2.05, 4.69) is 5.32 Å². The molecule has 202 valence electrons. The lowest BCUT2D eigenvalue weighted by Gasteiger charge is -2.40. The molecule has 2 aliphatic rings. The maximum absolute atomic E-state index is 13.5. The van der Waals surface area contributed by atoms with Gasteiger partial charge in [0.25, 0.3) is 0 Å². The van der Waals surface area contributed by atoms with E-state index in [1.54, 1.807) is 6.07 Å². The molecule has 11 heteroatoms. The Balaban J connectivity index is 1.81. The van der Waals surface area contributed by atoms with E-state index >= 15 is 0 Å². The molecule has 2 aromatic rings. The van der Waals surface area contributed by atoms with Crippen molar-refractivity contribution in [1.29, 1.82) is 0 Å². The maximum atomic E-state index is 13.5. The number of halogens is 1. The minimum absolute atomic E-state index is 0.00478. The molecular formula is C27H29FN2O8. The Morgan fingerprint density at radius 2 is 1.95 bits per heavy atom. The van der Waals surface area contributed by atoms with Gasteiger partial charge in [-0.2, -0.15) is 0 Å². The molecule has 0 bridgehead atoms. The van der Waals surface area contributed by atoms with Gasteiger partial charge in [0.2, 0.25) is 11.8 Å². The van der Waals surface area contributed by atoms with Gasteiger partial charge in [0.05, 0.1) is 25.7 Å². The number of aliphatic hydroxyl groups is 2. The fourth-order valence-electron chi connectivity index (χ4n) is 4.91. The van der Waals surface area contributed by atoms with E-state index < -0.39 is 41.8 Å². The SMILES string of the molecule is COCC(=O)N(Cc1ccc(F)cc1)C1C=C(C(=O)NCCO)C2c3cc(C=O)cc(OC)c3OC2C1O. The second-order valence-electron chi connectivity index (χ2n) is 8.98. The Morgan fingerprint density at radius 1 is 1.21 bits per heavy atom. The molecule has 0 aromatic heterocycles. The van der Waals surface area contributed by atoms with Crippen molar-refractivity contribution in [3.8, 4) is 11.5 Å². The first-order chi connectivity index (χ1) is 18.3. The molecular weight excluding hydrogens is 499 g/mol. The molecule has 0 spiro atoms. The van der Waals surface area contributed by atoms with E-state index in [1.807, 2.05) is 0 Å². The molecule has 1 aliphatic heterocycles. The summed E-state index contributed by atoms with van der Waals surface area (Å²) in [6, 6.07) is 7.61. The number of aliphatic hydroxyl groups excluding tert-OH is 2. The van der Waals surface area contributed by atoms with E-state index in [1.165, 1.54) is 55.5 Å². The van der Waals surface area contributed by atoms with Gasteiger partial charge in [-0.15, -0.1) is 0 Å². The molecule has 4 atom stereocenters. The number of hydrogen-bond donors (Lipinski definition) is 3. The highest BCUT2D eigenvalue weighted by molar-refractivity contribution is 5.96. The Labute approximate surface area is 218 Å². The van der Waals surface area contributed by atoms with Gasteiger partial charge in [-0.1, -0.05) is 12.1 Å². The van der Waals surface area contributed by atoms with Gasteiger partial charge < -0.3 is 34.6 Å². The Bertz CT molecular complexity index is 1230. The van der Waals surface area contributed by atoms with Gasteiger partial charge in [0, 0.05) is 36.9 Å². The van der Waals surface area contributed by atoms with Crippen LogP contribution in [0.15, 0.2) is 48.0 Å². The molecule has 4 unspecified atom stereocenters. The lowest BCUT2D eigenvalue weighted by atomic mass is 9.77. The third-order valence-electron chi connectivity index (χ3n) is 6.63. The first-order valence-electron chi connectivity index (χ1n) is 12.0. The summed E-state index contributed by atoms with van der Waals surface area (Å²) < 4.78 is 30.1. The predicted octanol–water partition coefficient (Wildman–Crippen LogP) is 0.945. The van der Waals surface area contributed by atoms with Crippen LogP contribution in [0.5, 0.6) is 11.5 Å². The number of carbonyl (C=O) groups excluding carboxylic acids is 3. The highest BCUT2D eigenvalue weighted by Gasteiger charge is 2.51. The number of nitrogens with zero attached hydrogens (tertiary/aromatic N) is 1. The van der Waals surface area contributed by atoms with Gasteiger partial charge in [-0.3, -0.25) is 14.4 Å². The third kappa shape index (κ3) is 5.26. The average molecular weight is 529 g/mol. The second kappa shape index (κ2) is 11.7. The zero-order chi connectivity index (χ0) is 27.4. The zero-order valence-electron chi connectivity index (χ0n) is 20.9. The number of nitrogens with one attached hydrogen (secondary N) is 1. The van der Waals surface area contributed by atoms with E-state index in [-0.39, 0.29) is 43.4 Å². The molecule has 38 heavy (non-hydrogen) atoms. The Morgan fingerprint density at radius 3 is 2.58 bits per heavy atom. The highest BCUT2D eigenvalue weighted by Crippen LogP contribution is 2.51. The summed E-state index contributed by atoms with van der Waals surface area (Å²) in [6.07, 6.45) is -0.167. The van der Waals surface area contributed by atoms with Crippen molar-refractivity contribution in [3.63, 3.8) is 0 Å². The summed E-state index contributed by atoms with van der Waals surface area (Å²) in [7, 11) is 2.77. The summed E-state index contributed by atoms with van der Waals surface area (Å²) in [5.41, 5.74) is 1.56. The topological polar surface area (TPSA) is 135 Å². The van der Waals surface area contributed by atoms with E-state index in [0.717, 1.165) is 0 Å². The van der Waals surface area contributed by atoms with Crippen molar-refractivity contribution in [3.05, 3.63) is 70.6 Å². The molecule has 1 heterocycles. The second-order valence-corrected chi connectivity index (χ2v) is 8.98. The van der Waals surface area contributed by atoms with Crippen molar-refractivity contribution < 1.29 is 43.2 Å². The summed E-state index contributed by atoms with van der Waals surface area (Å²) >= 11 is 0. The smallest absolute Gasteiger partial charge is 0.249 e. The number of hydrogen-bond acceptors (Lipinski definition) is 8. The summed E-state index contributed by atoms with van der Waals surface area (Å²) in [4.78, 5) is 39.4. The first kappa shape index (κ1) is 27.2. The standard InChI is InChI=1S/C27H29FN2O8/c1-36-14-22(33)30(12-15-3-5-17(28)6-4-15)20-11-19(27(35)29-7-8-31)23-18-9-16(13-32)10-21(37-2)25(18)38-26(23)24(20)34/h3-6,9-11,13,20,23-24,26,31,34H,7-8,12,14H2,1-2H3,(H,29,35). The highest BCUT2D eigenvalue weighted by atomic mass is 19.1. The zero-order valence-corrected chi connectivity index (χ0v) is 20.9. The van der Waals surface area contributed by atoms with Crippen LogP contribution in [0.2, 0.25) is 0 Å². The average Bonchev–Trinajstić information content (AvgIpc) is 3.31. The number of benzene rings is 2. The van der Waals surface area contributed by atoms with Crippen LogP contribution in [-0.2, 0) is 20.9 Å². The minimum Gasteiger partial charge on any atom is -0.493 e. The summed E-state index contributed by atoms with van der Waals surface area (Å²) in [6.45, 7) is -0.613. The number of fused-ring (bicyclic) bond motifs is 3. The van der Waals surface area contributed by atoms with Crippen LogP contribution < -0.4 is 14.8 Å². The van der Waals surface area contributed by atoms with Gasteiger partial charge >= 0.3 is 0 Å². The number of carbonyl (C=O) groups is 3. The van der Waals surface area contributed by atoms with Crippen molar-refractivity contribution in [1.82, 2.24) is 10.2 Å². The Kier molecular flexibility index (Phi) is 8.40. The number of ether oxygens (including phenoxy) is 3. The van der Waals surface area contributed by atoms with Crippen LogP contribution in [0.4, 0.5) is 4.39 Å². The summed E-state index contributed by atoms with van der Waals surface area (Å²) in [5, 5.41) is 23.4. The molecule has 0 fully saturated rings. The van der Waals surface area contributed by atoms with Crippen LogP contribution in [0.3, 0.4) is 0 Å². The molecule has 4 rings (SSSR count). The van der Waals surface area contributed by atoms with Crippen LogP contribution in [-0.4, -0.2) is 85.4 Å². The van der Waals surface area contributed by atoms with E-state index in [0.29, 0.717) is 23.0 Å². The van der Waals surface area contributed by atoms with E-state index in [4.69, 9.17) is 14.2 Å². The van der Waals surface area contributed by atoms with Crippen LogP contribution in [0.25, 0.3) is 0 Å². The van der Waals surface area contributed by atoms with Crippen LogP contribution in [0, 0.1) is 5.82 Å². The molecule has 1 aliphatic carbocycles. The van der Waals surface area contributed by atoms with Gasteiger partial charge in [0.15, 0.2) is 11.5 Å². The quantitative estimate of drug-likeness (QED) is 0.388. The molecule has 0 saturated heterocycles. The van der Waals surface area contributed by atoms with Crippen molar-refractivity contribution in [2.24, 2.45) is 0 Å². The van der Waals surface area contributed by atoms with Crippen molar-refractivity contribution in [2.75, 3.05) is 34.0 Å². The number of amides is 2. The molecule has 2 aromatic carbocycles. The Hall–Kier alpha value is -3.80. The monoisotopic (exact) mass is 528 g/mol. The molecule has 2 amide bonds. The molecule has 0 radical (unpaired) electrons. The van der Waals surface area contributed by atoms with Crippen molar-refractivity contribution >= 4 is 18.1 Å². The maximum Gasteiger partial charge on any atom is 0.249 e. The number of rotatable bonds is 10. The molecule has 10 nitrogen and oxygen atoms in total. The van der Waals surface area contributed by atoms with Crippen LogP contribution >= 0.6 is 0 Å². The number of aldehydes is 1. The summed E-state index contributed by atoms with van der Waals surface area (Å²) in [5.74, 6) is -1.68. The normalized spacial score (nSPS) is 21.4. The van der Waals surface area contributed by atoms with Gasteiger partial charge in [-0.25, -0.2) is 4.39 Å². The fourth-order valence-corrected chi connectivity index (χ4v) is 4.91. The molecule has 0 saturated carbocycles. The first-order valence-corrected chi connectivity index (χ1v) is 12.0. The number of methoxy groups -OCH3 is 2. The van der Waals surface area contributed by atoms with Crippen molar-refractivity contribution in [2.45, 2.75) is 30.7 Å². The third-order valence-corrected chi connectivity index (χ3v) is 6.63. The van der Waals surface area contributed by atoms with Gasteiger partial charge in [-0.05, 0) is 35.9 Å². The largest absolute Gasteiger partial charge is 0.493 e. The lowest BCUT2D eigenvalue weighted by molar-refractivity contribution is -0.141.